The number of thioether (sulfide) groups is 1. The van der Waals surface area contributed by atoms with Crippen molar-refractivity contribution in [2.75, 3.05) is 18.8 Å². The Morgan fingerprint density at radius 2 is 1.75 bits per heavy atom. The number of aliphatic hydroxyl groups is 1. The van der Waals surface area contributed by atoms with Gasteiger partial charge in [0.25, 0.3) is 0 Å². The zero-order valence-corrected chi connectivity index (χ0v) is 22.7. The molecule has 5 nitrogen and oxygen atoms in total. The molecule has 7 rings (SSSR count). The summed E-state index contributed by atoms with van der Waals surface area (Å²) in [6.07, 6.45) is 17.0. The summed E-state index contributed by atoms with van der Waals surface area (Å²) >= 11 is 2.20. The summed E-state index contributed by atoms with van der Waals surface area (Å²) in [6, 6.07) is 6.26. The van der Waals surface area contributed by atoms with Crippen LogP contribution in [0.3, 0.4) is 0 Å². The average molecular weight is 511 g/mol. The van der Waals surface area contributed by atoms with Gasteiger partial charge in [-0.2, -0.15) is 11.8 Å². The smallest absolute Gasteiger partial charge is 0.0950 e. The van der Waals surface area contributed by atoms with Crippen LogP contribution in [0, 0.1) is 11.3 Å². The third kappa shape index (κ3) is 3.85. The van der Waals surface area contributed by atoms with Crippen LogP contribution in [0.4, 0.5) is 0 Å². The molecule has 2 aromatic heterocycles. The van der Waals surface area contributed by atoms with Crippen LogP contribution in [-0.2, 0) is 0 Å². The molecule has 2 aromatic rings. The third-order valence-corrected chi connectivity index (χ3v) is 12.7. The van der Waals surface area contributed by atoms with Crippen molar-refractivity contribution in [1.82, 2.24) is 9.80 Å². The summed E-state index contributed by atoms with van der Waals surface area (Å²) < 4.78 is 11.2. The van der Waals surface area contributed by atoms with Gasteiger partial charge in [0.05, 0.1) is 31.2 Å². The molecule has 0 aromatic carbocycles. The quantitative estimate of drug-likeness (QED) is 0.529. The van der Waals surface area contributed by atoms with Gasteiger partial charge in [-0.1, -0.05) is 6.92 Å². The Morgan fingerprint density at radius 1 is 0.944 bits per heavy atom. The van der Waals surface area contributed by atoms with E-state index in [1.807, 2.05) is 18.8 Å². The van der Waals surface area contributed by atoms with Crippen LogP contribution in [0.25, 0.3) is 0 Å². The number of piperidine rings is 4. The molecule has 2 spiro atoms. The van der Waals surface area contributed by atoms with Crippen LogP contribution in [0.15, 0.2) is 46.0 Å². The summed E-state index contributed by atoms with van der Waals surface area (Å²) in [5, 5.41) is 11.7. The molecule has 36 heavy (non-hydrogen) atoms. The molecule has 0 radical (unpaired) electrons. The van der Waals surface area contributed by atoms with Crippen LogP contribution in [0.1, 0.15) is 88.3 Å². The van der Waals surface area contributed by atoms with Crippen molar-refractivity contribution >= 4 is 11.8 Å². The Bertz CT molecular complexity index is 1040. The summed E-state index contributed by atoms with van der Waals surface area (Å²) in [4.78, 5) is 5.58. The van der Waals surface area contributed by atoms with Crippen LogP contribution in [-0.4, -0.2) is 62.7 Å². The molecule has 6 heteroatoms. The summed E-state index contributed by atoms with van der Waals surface area (Å²) in [6.45, 7) is 7.19. The van der Waals surface area contributed by atoms with Crippen molar-refractivity contribution in [1.29, 1.82) is 0 Å². The molecular formula is C30H42N2O3S. The monoisotopic (exact) mass is 510 g/mol. The Morgan fingerprint density at radius 3 is 2.53 bits per heavy atom. The minimum Gasteiger partial charge on any atom is -0.472 e. The van der Waals surface area contributed by atoms with Crippen molar-refractivity contribution in [3.63, 3.8) is 0 Å². The number of hydrogen-bond donors (Lipinski definition) is 1. The summed E-state index contributed by atoms with van der Waals surface area (Å²) in [5.74, 6) is 2.40. The molecule has 0 saturated carbocycles. The molecule has 7 heterocycles. The Kier molecular flexibility index (Phi) is 5.92. The second-order valence-electron chi connectivity index (χ2n) is 13.1. The van der Waals surface area contributed by atoms with Gasteiger partial charge in [0.1, 0.15) is 0 Å². The highest BCUT2D eigenvalue weighted by atomic mass is 32.2. The van der Waals surface area contributed by atoms with Gasteiger partial charge in [0, 0.05) is 59.2 Å². The lowest BCUT2D eigenvalue weighted by Gasteiger charge is -2.56. The van der Waals surface area contributed by atoms with Crippen LogP contribution in [0.5, 0.6) is 0 Å². The number of rotatable bonds is 2. The fraction of sp³-hybridized carbons (Fsp3) is 0.733. The fourth-order valence-corrected chi connectivity index (χ4v) is 11.0. The zero-order valence-electron chi connectivity index (χ0n) is 21.9. The Labute approximate surface area is 220 Å². The normalized spacial score (nSPS) is 45.7. The van der Waals surface area contributed by atoms with E-state index in [4.69, 9.17) is 8.83 Å². The molecule has 3 unspecified atom stereocenters. The Balaban J connectivity index is 1.13. The lowest BCUT2D eigenvalue weighted by atomic mass is 9.66. The first-order valence-corrected chi connectivity index (χ1v) is 15.3. The highest BCUT2D eigenvalue weighted by molar-refractivity contribution is 8.01. The lowest BCUT2D eigenvalue weighted by Crippen LogP contribution is -2.64. The number of hydrogen-bond acceptors (Lipinski definition) is 6. The molecule has 196 valence electrons. The highest BCUT2D eigenvalue weighted by Gasteiger charge is 2.58. The molecule has 5 aliphatic heterocycles. The van der Waals surface area contributed by atoms with Crippen LogP contribution >= 0.6 is 11.8 Å². The zero-order chi connectivity index (χ0) is 24.5. The lowest BCUT2D eigenvalue weighted by molar-refractivity contribution is -0.0710. The van der Waals surface area contributed by atoms with Crippen molar-refractivity contribution in [2.45, 2.75) is 106 Å². The minimum absolute atomic E-state index is 0.182. The first kappa shape index (κ1) is 23.9. The number of fused-ring (bicyclic) bond motifs is 2. The van der Waals surface area contributed by atoms with E-state index in [9.17, 15) is 5.11 Å². The molecule has 5 aliphatic rings. The van der Waals surface area contributed by atoms with Gasteiger partial charge in [-0.15, -0.1) is 0 Å². The standard InChI is InChI=1S/C30H42N2O3S/c1-20-3-6-26(23-9-12-35-15-23)32-17-29(10-7-25(20)32)16-30(36-19-29)13-27(33)28-24(22-8-11-34-14-22)5-4-21(2)31(28)18-30/h8-9,11-12,14-15,20-21,24-28,33H,3-7,10,13,16-19H2,1-2H3/t20-,21-,24?,25+,26?,27-,28?,29+,30+/m1/s1. The van der Waals surface area contributed by atoms with Gasteiger partial charge in [-0.25, -0.2) is 0 Å². The molecule has 5 saturated heterocycles. The van der Waals surface area contributed by atoms with Crippen molar-refractivity contribution in [2.24, 2.45) is 11.3 Å². The van der Waals surface area contributed by atoms with E-state index in [2.05, 4.69) is 47.5 Å². The number of aliphatic hydroxyl groups excluding tert-OH is 1. The van der Waals surface area contributed by atoms with E-state index in [0.29, 0.717) is 29.5 Å². The van der Waals surface area contributed by atoms with Gasteiger partial charge in [-0.05, 0) is 87.3 Å². The van der Waals surface area contributed by atoms with Gasteiger partial charge >= 0.3 is 0 Å². The first-order chi connectivity index (χ1) is 17.5. The number of furan rings is 2. The predicted octanol–water partition coefficient (Wildman–Crippen LogP) is 6.07. The largest absolute Gasteiger partial charge is 0.472 e. The van der Waals surface area contributed by atoms with Crippen LogP contribution < -0.4 is 0 Å². The van der Waals surface area contributed by atoms with E-state index in [1.165, 1.54) is 61.9 Å². The molecule has 0 bridgehead atoms. The molecule has 0 amide bonds. The van der Waals surface area contributed by atoms with Crippen molar-refractivity contribution in [3.05, 3.63) is 48.3 Å². The second-order valence-corrected chi connectivity index (χ2v) is 14.5. The predicted molar refractivity (Wildman–Crippen MR) is 143 cm³/mol. The molecule has 1 N–H and O–H groups in total. The van der Waals surface area contributed by atoms with Crippen molar-refractivity contribution < 1.29 is 13.9 Å². The van der Waals surface area contributed by atoms with E-state index >= 15 is 0 Å². The summed E-state index contributed by atoms with van der Waals surface area (Å²) in [5.41, 5.74) is 3.01. The third-order valence-electron chi connectivity index (χ3n) is 10.9. The Hall–Kier alpha value is -1.21. The van der Waals surface area contributed by atoms with E-state index in [0.717, 1.165) is 25.3 Å². The van der Waals surface area contributed by atoms with Gasteiger partial charge in [0.2, 0.25) is 0 Å². The number of nitrogens with zero attached hydrogens (tertiary/aromatic N) is 2. The van der Waals surface area contributed by atoms with Gasteiger partial charge < -0.3 is 13.9 Å². The van der Waals surface area contributed by atoms with Crippen LogP contribution in [0.2, 0.25) is 0 Å². The van der Waals surface area contributed by atoms with Gasteiger partial charge in [0.15, 0.2) is 0 Å². The summed E-state index contributed by atoms with van der Waals surface area (Å²) in [7, 11) is 0. The fourth-order valence-electron chi connectivity index (χ4n) is 9.13. The molecule has 5 fully saturated rings. The highest BCUT2D eigenvalue weighted by Crippen LogP contribution is 2.60. The maximum absolute atomic E-state index is 11.7. The molecule has 9 atom stereocenters. The molecular weight excluding hydrogens is 468 g/mol. The minimum atomic E-state index is -0.269. The van der Waals surface area contributed by atoms with E-state index in [-0.39, 0.29) is 16.9 Å². The second kappa shape index (κ2) is 8.93. The topological polar surface area (TPSA) is 53.0 Å². The maximum Gasteiger partial charge on any atom is 0.0950 e. The maximum atomic E-state index is 11.7. The van der Waals surface area contributed by atoms with Crippen molar-refractivity contribution in [3.8, 4) is 0 Å². The van der Waals surface area contributed by atoms with Gasteiger partial charge in [-0.3, -0.25) is 9.80 Å². The van der Waals surface area contributed by atoms with E-state index in [1.54, 1.807) is 6.26 Å². The average Bonchev–Trinajstić information content (AvgIpc) is 3.63. The molecule has 0 aliphatic carbocycles. The SMILES string of the molecule is C[C@@H]1CCC(c2ccoc2)N2C[C@@]3(CC[C@@H]12)CS[C@@]1(C[C@@H](O)C2C(c4ccoc4)CC[C@@H](C)N2C1)C3. The first-order valence-electron chi connectivity index (χ1n) is 14.3. The van der Waals surface area contributed by atoms with E-state index < -0.39 is 0 Å².